The van der Waals surface area contributed by atoms with Gasteiger partial charge >= 0.3 is 6.01 Å². The minimum atomic E-state index is -0.719. The van der Waals surface area contributed by atoms with E-state index in [0.717, 1.165) is 64.5 Å². The first-order chi connectivity index (χ1) is 19.0. The lowest BCUT2D eigenvalue weighted by molar-refractivity contribution is 0.107. The van der Waals surface area contributed by atoms with E-state index < -0.39 is 11.6 Å². The third-order valence-corrected chi connectivity index (χ3v) is 9.36. The van der Waals surface area contributed by atoms with Gasteiger partial charge in [0, 0.05) is 38.3 Å². The van der Waals surface area contributed by atoms with Gasteiger partial charge in [0.2, 0.25) is 0 Å². The number of halogens is 3. The lowest BCUT2D eigenvalue weighted by Gasteiger charge is -2.42. The Balaban J connectivity index is 1.34. The molecular weight excluding hydrogens is 564 g/mol. The van der Waals surface area contributed by atoms with E-state index in [0.29, 0.717) is 30.8 Å². The first kappa shape index (κ1) is 26.6. The Hall–Kier alpha value is -2.62. The highest BCUT2D eigenvalue weighted by molar-refractivity contribution is 9.10. The largest absolute Gasteiger partial charge is 0.461 e. The number of hydrogen-bond donors (Lipinski definition) is 0. The predicted octanol–water partition coefficient (Wildman–Crippen LogP) is 5.94. The third kappa shape index (κ3) is 5.16. The highest BCUT2D eigenvalue weighted by Gasteiger charge is 2.45. The van der Waals surface area contributed by atoms with E-state index in [1.165, 1.54) is 5.56 Å². The number of piperazine rings is 1. The molecule has 9 heteroatoms. The first-order valence-electron chi connectivity index (χ1n) is 13.8. The molecule has 0 spiro atoms. The zero-order valence-corrected chi connectivity index (χ0v) is 23.7. The van der Waals surface area contributed by atoms with Crippen LogP contribution in [-0.4, -0.2) is 70.7 Å². The van der Waals surface area contributed by atoms with E-state index in [2.05, 4.69) is 66.5 Å². The molecule has 3 aromatic rings. The molecule has 0 aliphatic carbocycles. The van der Waals surface area contributed by atoms with Crippen LogP contribution in [0.25, 0.3) is 10.9 Å². The summed E-state index contributed by atoms with van der Waals surface area (Å²) in [5.74, 6) is -0.893. The van der Waals surface area contributed by atoms with Gasteiger partial charge in [0.1, 0.15) is 23.8 Å². The van der Waals surface area contributed by atoms with Crippen LogP contribution in [0.1, 0.15) is 37.7 Å². The van der Waals surface area contributed by atoms with Crippen LogP contribution in [0.5, 0.6) is 6.01 Å². The number of aromatic nitrogens is 2. The maximum Gasteiger partial charge on any atom is 0.319 e. The molecule has 0 radical (unpaired) electrons. The summed E-state index contributed by atoms with van der Waals surface area (Å²) in [6.45, 7) is 9.69. The molecule has 1 aromatic heterocycles. The van der Waals surface area contributed by atoms with Gasteiger partial charge in [-0.3, -0.25) is 9.80 Å². The monoisotopic (exact) mass is 597 g/mol. The average Bonchev–Trinajstić information content (AvgIpc) is 3.52. The molecule has 0 amide bonds. The Morgan fingerprint density at radius 2 is 1.82 bits per heavy atom. The van der Waals surface area contributed by atoms with Gasteiger partial charge in [-0.2, -0.15) is 9.97 Å². The van der Waals surface area contributed by atoms with Crippen LogP contribution < -0.4 is 9.64 Å². The summed E-state index contributed by atoms with van der Waals surface area (Å²) >= 11 is 3.37. The van der Waals surface area contributed by atoms with E-state index in [9.17, 15) is 4.39 Å². The van der Waals surface area contributed by atoms with Gasteiger partial charge in [-0.25, -0.2) is 8.78 Å². The normalized spacial score (nSPS) is 21.4. The zero-order chi connectivity index (χ0) is 27.0. The van der Waals surface area contributed by atoms with E-state index in [4.69, 9.17) is 9.72 Å². The predicted molar refractivity (Wildman–Crippen MR) is 153 cm³/mol. The molecule has 3 aliphatic heterocycles. The second kappa shape index (κ2) is 11.1. The van der Waals surface area contributed by atoms with Crippen molar-refractivity contribution < 1.29 is 13.5 Å². The number of anilines is 1. The minimum Gasteiger partial charge on any atom is -0.461 e. The third-order valence-electron chi connectivity index (χ3n) is 8.59. The van der Waals surface area contributed by atoms with E-state index in [-0.39, 0.29) is 27.6 Å². The molecule has 6 nitrogen and oxygen atoms in total. The highest BCUT2D eigenvalue weighted by atomic mass is 79.9. The summed E-state index contributed by atoms with van der Waals surface area (Å²) in [5.41, 5.74) is 1.33. The van der Waals surface area contributed by atoms with Crippen LogP contribution in [0, 0.1) is 11.6 Å². The molecule has 3 fully saturated rings. The number of benzene rings is 2. The van der Waals surface area contributed by atoms with Crippen molar-refractivity contribution in [3.63, 3.8) is 0 Å². The van der Waals surface area contributed by atoms with Crippen molar-refractivity contribution in [3.05, 3.63) is 70.7 Å². The average molecular weight is 599 g/mol. The molecule has 0 saturated carbocycles. The van der Waals surface area contributed by atoms with Crippen LogP contribution in [0.15, 0.2) is 53.5 Å². The fourth-order valence-electron chi connectivity index (χ4n) is 6.68. The molecule has 3 saturated heterocycles. The standard InChI is InChI=1S/C30H34BrF2N5O/c1-2-8-22-19-36(18-21-9-4-3-5-10-21)15-16-38(22)28-25-26(31)23(32)17-24(33)27(25)34-29(35-28)39-20-30-11-6-13-37(30)14-7-12-30/h2-5,9-10,17,22H,1,6-8,11-16,18-20H2/t22-/m1/s1. The number of ether oxygens (including phenoxy) is 1. The first-order valence-corrected chi connectivity index (χ1v) is 14.6. The summed E-state index contributed by atoms with van der Waals surface area (Å²) in [6.07, 6.45) is 7.09. The molecule has 0 N–H and O–H groups in total. The number of hydrogen-bond acceptors (Lipinski definition) is 6. The second-order valence-electron chi connectivity index (χ2n) is 11.0. The summed E-state index contributed by atoms with van der Waals surface area (Å²) < 4.78 is 36.4. The van der Waals surface area contributed by atoms with Crippen molar-refractivity contribution in [1.82, 2.24) is 19.8 Å². The van der Waals surface area contributed by atoms with Crippen molar-refractivity contribution >= 4 is 32.7 Å². The molecule has 0 unspecified atom stereocenters. The number of rotatable bonds is 8. The fourth-order valence-corrected chi connectivity index (χ4v) is 7.16. The summed E-state index contributed by atoms with van der Waals surface area (Å²) in [6, 6.07) is 11.4. The SMILES string of the molecule is C=CC[C@@H]1CN(Cc2ccccc2)CCN1c1nc(OCC23CCCN2CCC3)nc2c(F)cc(F)c(Br)c12. The van der Waals surface area contributed by atoms with Gasteiger partial charge < -0.3 is 9.64 Å². The Kier molecular flexibility index (Phi) is 7.57. The van der Waals surface area contributed by atoms with Crippen LogP contribution in [0.2, 0.25) is 0 Å². The summed E-state index contributed by atoms with van der Waals surface area (Å²) in [5, 5.41) is 0.340. The van der Waals surface area contributed by atoms with Crippen LogP contribution >= 0.6 is 15.9 Å². The number of fused-ring (bicyclic) bond motifs is 2. The molecule has 0 bridgehead atoms. The van der Waals surface area contributed by atoms with Crippen LogP contribution in [0.3, 0.4) is 0 Å². The zero-order valence-electron chi connectivity index (χ0n) is 22.1. The number of nitrogens with zero attached hydrogens (tertiary/aromatic N) is 5. The Labute approximate surface area is 236 Å². The quantitative estimate of drug-likeness (QED) is 0.236. The van der Waals surface area contributed by atoms with Gasteiger partial charge in [0.05, 0.1) is 15.4 Å². The van der Waals surface area contributed by atoms with Gasteiger partial charge in [-0.1, -0.05) is 36.4 Å². The smallest absolute Gasteiger partial charge is 0.319 e. The van der Waals surface area contributed by atoms with E-state index >= 15 is 4.39 Å². The second-order valence-corrected chi connectivity index (χ2v) is 11.8. The summed E-state index contributed by atoms with van der Waals surface area (Å²) in [7, 11) is 0. The van der Waals surface area contributed by atoms with E-state index in [1.807, 2.05) is 12.1 Å². The molecule has 3 aliphatic rings. The van der Waals surface area contributed by atoms with E-state index in [1.54, 1.807) is 0 Å². The van der Waals surface area contributed by atoms with Crippen molar-refractivity contribution in [2.75, 3.05) is 44.2 Å². The van der Waals surface area contributed by atoms with Crippen LogP contribution in [-0.2, 0) is 6.54 Å². The van der Waals surface area contributed by atoms with Crippen molar-refractivity contribution in [2.24, 2.45) is 0 Å². The Morgan fingerprint density at radius 3 is 2.56 bits per heavy atom. The molecule has 4 heterocycles. The lowest BCUT2D eigenvalue weighted by atomic mass is 9.95. The maximum atomic E-state index is 15.2. The minimum absolute atomic E-state index is 0.00877. The van der Waals surface area contributed by atoms with Crippen molar-refractivity contribution in [2.45, 2.75) is 50.2 Å². The molecule has 1 atom stereocenters. The molecule has 2 aromatic carbocycles. The highest BCUT2D eigenvalue weighted by Crippen LogP contribution is 2.40. The Bertz CT molecular complexity index is 1350. The lowest BCUT2D eigenvalue weighted by Crippen LogP contribution is -2.53. The summed E-state index contributed by atoms with van der Waals surface area (Å²) in [4.78, 5) is 16.4. The molecule has 206 valence electrons. The van der Waals surface area contributed by atoms with Gasteiger partial charge in [0.25, 0.3) is 0 Å². The fraction of sp³-hybridized carbons (Fsp3) is 0.467. The van der Waals surface area contributed by atoms with Crippen molar-refractivity contribution in [1.29, 1.82) is 0 Å². The van der Waals surface area contributed by atoms with Gasteiger partial charge in [-0.15, -0.1) is 6.58 Å². The molecule has 6 rings (SSSR count). The van der Waals surface area contributed by atoms with Gasteiger partial charge in [-0.05, 0) is 66.7 Å². The van der Waals surface area contributed by atoms with Crippen LogP contribution in [0.4, 0.5) is 14.6 Å². The maximum absolute atomic E-state index is 15.2. The Morgan fingerprint density at radius 1 is 1.05 bits per heavy atom. The topological polar surface area (TPSA) is 44.7 Å². The molecular formula is C30H34BrF2N5O. The molecule has 39 heavy (non-hydrogen) atoms. The van der Waals surface area contributed by atoms with Gasteiger partial charge in [0.15, 0.2) is 5.82 Å². The van der Waals surface area contributed by atoms with Crippen molar-refractivity contribution in [3.8, 4) is 6.01 Å².